The third-order valence-corrected chi connectivity index (χ3v) is 3.25. The Morgan fingerprint density at radius 2 is 1.86 bits per heavy atom. The SMILES string of the molecule is COc1cc(C(O)O)ccc1OCC=C(C)CCC=C(C)C. The largest absolute Gasteiger partial charge is 0.493 e. The Morgan fingerprint density at radius 3 is 2.45 bits per heavy atom. The van der Waals surface area contributed by atoms with E-state index in [4.69, 9.17) is 19.7 Å². The Bertz CT molecular complexity index is 526. The van der Waals surface area contributed by atoms with Crippen LogP contribution in [0.2, 0.25) is 0 Å². The number of aliphatic hydroxyl groups excluding tert-OH is 1. The van der Waals surface area contributed by atoms with Crippen LogP contribution in [0.4, 0.5) is 0 Å². The predicted molar refractivity (Wildman–Crippen MR) is 88.1 cm³/mol. The van der Waals surface area contributed by atoms with E-state index in [1.54, 1.807) is 18.2 Å². The average molecular weight is 306 g/mol. The minimum absolute atomic E-state index is 0.373. The molecule has 4 nitrogen and oxygen atoms in total. The quantitative estimate of drug-likeness (QED) is 0.567. The second-order valence-corrected chi connectivity index (χ2v) is 5.47. The molecule has 0 bridgehead atoms. The highest BCUT2D eigenvalue weighted by atomic mass is 16.5. The normalized spacial score (nSPS) is 11.5. The standard InChI is InChI=1S/C18H26O4/c1-13(2)6-5-7-14(3)10-11-22-16-9-8-15(18(19)20)12-17(16)21-4/h6,8-10,12,18-20H,5,7,11H2,1-4H3. The summed E-state index contributed by atoms with van der Waals surface area (Å²) < 4.78 is 10.9. The van der Waals surface area contributed by atoms with Crippen LogP contribution in [0.15, 0.2) is 41.5 Å². The minimum atomic E-state index is -1.51. The van der Waals surface area contributed by atoms with Crippen molar-refractivity contribution in [1.29, 1.82) is 0 Å². The lowest BCUT2D eigenvalue weighted by Crippen LogP contribution is -2.00. The van der Waals surface area contributed by atoms with Gasteiger partial charge < -0.3 is 19.7 Å². The molecule has 0 spiro atoms. The average Bonchev–Trinajstić information content (AvgIpc) is 2.46. The second kappa shape index (κ2) is 9.28. The number of ether oxygens (including phenoxy) is 2. The monoisotopic (exact) mass is 306 g/mol. The molecule has 0 saturated carbocycles. The van der Waals surface area contributed by atoms with Gasteiger partial charge in [0.05, 0.1) is 7.11 Å². The van der Waals surface area contributed by atoms with Crippen LogP contribution in [0.1, 0.15) is 45.5 Å². The summed E-state index contributed by atoms with van der Waals surface area (Å²) in [5, 5.41) is 18.3. The molecule has 0 heterocycles. The van der Waals surface area contributed by atoms with E-state index in [1.165, 1.54) is 18.3 Å². The second-order valence-electron chi connectivity index (χ2n) is 5.47. The lowest BCUT2D eigenvalue weighted by Gasteiger charge is -2.12. The van der Waals surface area contributed by atoms with E-state index < -0.39 is 6.29 Å². The van der Waals surface area contributed by atoms with E-state index in [-0.39, 0.29) is 0 Å². The lowest BCUT2D eigenvalue weighted by molar-refractivity contribution is -0.0426. The van der Waals surface area contributed by atoms with Crippen molar-refractivity contribution in [2.75, 3.05) is 13.7 Å². The Labute approximate surface area is 132 Å². The van der Waals surface area contributed by atoms with E-state index >= 15 is 0 Å². The smallest absolute Gasteiger partial charge is 0.178 e. The van der Waals surface area contributed by atoms with Gasteiger partial charge >= 0.3 is 0 Å². The van der Waals surface area contributed by atoms with Crippen molar-refractivity contribution in [3.05, 3.63) is 47.1 Å². The molecule has 0 atom stereocenters. The summed E-state index contributed by atoms with van der Waals surface area (Å²) >= 11 is 0. The van der Waals surface area contributed by atoms with E-state index in [9.17, 15) is 0 Å². The highest BCUT2D eigenvalue weighted by Crippen LogP contribution is 2.29. The maximum Gasteiger partial charge on any atom is 0.178 e. The van der Waals surface area contributed by atoms with Crippen molar-refractivity contribution in [3.8, 4) is 11.5 Å². The molecule has 1 aromatic carbocycles. The van der Waals surface area contributed by atoms with Crippen molar-refractivity contribution in [2.24, 2.45) is 0 Å². The molecule has 0 radical (unpaired) electrons. The van der Waals surface area contributed by atoms with Crippen molar-refractivity contribution in [3.63, 3.8) is 0 Å². The van der Waals surface area contributed by atoms with Gasteiger partial charge in [-0.15, -0.1) is 0 Å². The third kappa shape index (κ3) is 6.33. The number of hydrogen-bond acceptors (Lipinski definition) is 4. The zero-order valence-electron chi connectivity index (χ0n) is 13.8. The fourth-order valence-corrected chi connectivity index (χ4v) is 1.93. The molecule has 0 unspecified atom stereocenters. The number of allylic oxidation sites excluding steroid dienone is 3. The Kier molecular flexibility index (Phi) is 7.71. The highest BCUT2D eigenvalue weighted by Gasteiger charge is 2.09. The molecule has 0 aliphatic heterocycles. The number of rotatable bonds is 8. The number of benzene rings is 1. The van der Waals surface area contributed by atoms with E-state index in [0.29, 0.717) is 23.7 Å². The molecule has 22 heavy (non-hydrogen) atoms. The first-order valence-corrected chi connectivity index (χ1v) is 7.40. The summed E-state index contributed by atoms with van der Waals surface area (Å²) in [7, 11) is 1.52. The molecular formula is C18H26O4. The van der Waals surface area contributed by atoms with Gasteiger partial charge in [0.2, 0.25) is 0 Å². The molecule has 0 aromatic heterocycles. The number of methoxy groups -OCH3 is 1. The van der Waals surface area contributed by atoms with Gasteiger partial charge in [-0.05, 0) is 51.8 Å². The van der Waals surface area contributed by atoms with Gasteiger partial charge in [0.15, 0.2) is 17.8 Å². The van der Waals surface area contributed by atoms with Crippen molar-refractivity contribution in [1.82, 2.24) is 0 Å². The minimum Gasteiger partial charge on any atom is -0.493 e. The summed E-state index contributed by atoms with van der Waals surface area (Å²) in [4.78, 5) is 0. The van der Waals surface area contributed by atoms with Crippen LogP contribution in [0.25, 0.3) is 0 Å². The van der Waals surface area contributed by atoms with Crippen LogP contribution in [0.3, 0.4) is 0 Å². The lowest BCUT2D eigenvalue weighted by atomic mass is 10.1. The predicted octanol–water partition coefficient (Wildman–Crippen LogP) is 3.75. The maximum atomic E-state index is 9.15. The van der Waals surface area contributed by atoms with Gasteiger partial charge in [0.1, 0.15) is 6.61 Å². The van der Waals surface area contributed by atoms with Crippen molar-refractivity contribution >= 4 is 0 Å². The highest BCUT2D eigenvalue weighted by molar-refractivity contribution is 5.43. The van der Waals surface area contributed by atoms with Gasteiger partial charge in [-0.2, -0.15) is 0 Å². The molecule has 4 heteroatoms. The first kappa shape index (κ1) is 18.3. The third-order valence-electron chi connectivity index (χ3n) is 3.25. The number of hydrogen-bond donors (Lipinski definition) is 2. The molecule has 122 valence electrons. The van der Waals surface area contributed by atoms with Crippen LogP contribution >= 0.6 is 0 Å². The first-order valence-electron chi connectivity index (χ1n) is 7.40. The summed E-state index contributed by atoms with van der Waals surface area (Å²) in [6.07, 6.45) is 4.81. The molecule has 0 aliphatic rings. The molecule has 1 rings (SSSR count). The molecule has 2 N–H and O–H groups in total. The molecule has 0 fully saturated rings. The van der Waals surface area contributed by atoms with Crippen molar-refractivity contribution < 1.29 is 19.7 Å². The summed E-state index contributed by atoms with van der Waals surface area (Å²) in [5.41, 5.74) is 2.98. The van der Waals surface area contributed by atoms with Crippen LogP contribution < -0.4 is 9.47 Å². The van der Waals surface area contributed by atoms with Crippen LogP contribution in [0.5, 0.6) is 11.5 Å². The zero-order valence-corrected chi connectivity index (χ0v) is 13.8. The van der Waals surface area contributed by atoms with Gasteiger partial charge in [0, 0.05) is 5.56 Å². The summed E-state index contributed by atoms with van der Waals surface area (Å²) in [6, 6.07) is 4.85. The summed E-state index contributed by atoms with van der Waals surface area (Å²) in [5.74, 6) is 1.07. The van der Waals surface area contributed by atoms with Gasteiger partial charge in [0.25, 0.3) is 0 Å². The maximum absolute atomic E-state index is 9.15. The number of aliphatic hydroxyl groups is 2. The van der Waals surface area contributed by atoms with Gasteiger partial charge in [-0.1, -0.05) is 23.3 Å². The van der Waals surface area contributed by atoms with Gasteiger partial charge in [-0.25, -0.2) is 0 Å². The van der Waals surface area contributed by atoms with E-state index in [1.807, 2.05) is 6.08 Å². The Hall–Kier alpha value is -1.78. The molecule has 0 aliphatic carbocycles. The van der Waals surface area contributed by atoms with Crippen LogP contribution in [-0.4, -0.2) is 23.9 Å². The fourth-order valence-electron chi connectivity index (χ4n) is 1.93. The zero-order chi connectivity index (χ0) is 16.5. The van der Waals surface area contributed by atoms with Crippen LogP contribution in [0, 0.1) is 0 Å². The Balaban J connectivity index is 2.58. The van der Waals surface area contributed by atoms with Crippen molar-refractivity contribution in [2.45, 2.75) is 39.9 Å². The topological polar surface area (TPSA) is 58.9 Å². The molecule has 0 amide bonds. The first-order chi connectivity index (χ1) is 10.4. The molecule has 0 saturated heterocycles. The van der Waals surface area contributed by atoms with E-state index in [2.05, 4.69) is 26.8 Å². The summed E-state index contributed by atoms with van der Waals surface area (Å²) in [6.45, 7) is 6.74. The Morgan fingerprint density at radius 1 is 1.14 bits per heavy atom. The fraction of sp³-hybridized carbons (Fsp3) is 0.444. The van der Waals surface area contributed by atoms with Crippen LogP contribution in [-0.2, 0) is 0 Å². The molecular weight excluding hydrogens is 280 g/mol. The molecule has 1 aromatic rings. The van der Waals surface area contributed by atoms with Gasteiger partial charge in [-0.3, -0.25) is 0 Å². The van der Waals surface area contributed by atoms with E-state index in [0.717, 1.165) is 12.8 Å².